The number of hydrogen-bond donors (Lipinski definition) is 1. The largest absolute Gasteiger partial charge is 0.481 e. The molecule has 94 valence electrons. The molecule has 0 unspecified atom stereocenters. The number of fused-ring (bicyclic) bond motifs is 1. The van der Waals surface area contributed by atoms with Gasteiger partial charge in [-0.05, 0) is 28.3 Å². The zero-order valence-electron chi connectivity index (χ0n) is 10.0. The van der Waals surface area contributed by atoms with Crippen LogP contribution in [0.3, 0.4) is 0 Å². The summed E-state index contributed by atoms with van der Waals surface area (Å²) >= 11 is 1.78. The molecule has 1 fully saturated rings. The van der Waals surface area contributed by atoms with Gasteiger partial charge in [0.2, 0.25) is 0 Å². The van der Waals surface area contributed by atoms with Gasteiger partial charge in [0.05, 0.1) is 6.42 Å². The SMILES string of the molecule is O=C(O)CC1CN(Cc2csc3ccccc23)C1. The van der Waals surface area contributed by atoms with E-state index in [9.17, 15) is 4.79 Å². The Morgan fingerprint density at radius 3 is 2.94 bits per heavy atom. The molecule has 2 aromatic rings. The molecule has 1 N–H and O–H groups in total. The number of carboxylic acids is 1. The fourth-order valence-electron chi connectivity index (χ4n) is 2.58. The highest BCUT2D eigenvalue weighted by atomic mass is 32.1. The first kappa shape index (κ1) is 11.7. The van der Waals surface area contributed by atoms with E-state index in [2.05, 4.69) is 34.5 Å². The van der Waals surface area contributed by atoms with E-state index in [1.807, 2.05) is 0 Å². The van der Waals surface area contributed by atoms with Gasteiger partial charge in [-0.2, -0.15) is 0 Å². The molecular weight excluding hydrogens is 246 g/mol. The summed E-state index contributed by atoms with van der Waals surface area (Å²) < 4.78 is 1.33. The molecule has 0 atom stereocenters. The summed E-state index contributed by atoms with van der Waals surface area (Å²) in [5.74, 6) is -0.340. The Kier molecular flexibility index (Phi) is 3.06. The summed E-state index contributed by atoms with van der Waals surface area (Å²) in [5.41, 5.74) is 1.37. The number of benzene rings is 1. The lowest BCUT2D eigenvalue weighted by Gasteiger charge is -2.38. The number of carbonyl (C=O) groups is 1. The molecule has 1 aliphatic heterocycles. The summed E-state index contributed by atoms with van der Waals surface area (Å²) in [4.78, 5) is 12.9. The van der Waals surface area contributed by atoms with E-state index in [-0.39, 0.29) is 0 Å². The molecule has 3 nitrogen and oxygen atoms in total. The standard InChI is InChI=1S/C14H15NO2S/c16-14(17)5-10-6-15(7-10)8-11-9-18-13-4-2-1-3-12(11)13/h1-4,9-10H,5-8H2,(H,16,17). The highest BCUT2D eigenvalue weighted by Gasteiger charge is 2.28. The summed E-state index contributed by atoms with van der Waals surface area (Å²) in [6, 6.07) is 8.44. The number of aliphatic carboxylic acids is 1. The number of nitrogens with zero attached hydrogens (tertiary/aromatic N) is 1. The Hall–Kier alpha value is -1.39. The van der Waals surface area contributed by atoms with Crippen molar-refractivity contribution in [3.63, 3.8) is 0 Å². The molecule has 2 heterocycles. The maximum atomic E-state index is 10.6. The second-order valence-electron chi connectivity index (χ2n) is 4.92. The molecular formula is C14H15NO2S. The van der Waals surface area contributed by atoms with Gasteiger partial charge in [-0.1, -0.05) is 18.2 Å². The molecule has 0 bridgehead atoms. The Morgan fingerprint density at radius 1 is 1.39 bits per heavy atom. The van der Waals surface area contributed by atoms with Crippen molar-refractivity contribution in [1.29, 1.82) is 0 Å². The molecule has 0 aliphatic carbocycles. The number of rotatable bonds is 4. The molecule has 1 aromatic heterocycles. The van der Waals surface area contributed by atoms with E-state index in [4.69, 9.17) is 5.11 Å². The lowest BCUT2D eigenvalue weighted by atomic mass is 9.96. The van der Waals surface area contributed by atoms with Crippen LogP contribution in [-0.4, -0.2) is 29.1 Å². The molecule has 0 saturated carbocycles. The smallest absolute Gasteiger partial charge is 0.303 e. The van der Waals surface area contributed by atoms with Crippen LogP contribution in [0.5, 0.6) is 0 Å². The third-order valence-corrected chi connectivity index (χ3v) is 4.46. The second kappa shape index (κ2) is 4.71. The van der Waals surface area contributed by atoms with Crippen molar-refractivity contribution in [3.05, 3.63) is 35.2 Å². The van der Waals surface area contributed by atoms with Gasteiger partial charge in [-0.3, -0.25) is 9.69 Å². The first-order valence-corrected chi connectivity index (χ1v) is 6.99. The summed E-state index contributed by atoms with van der Waals surface area (Å²) in [6.07, 6.45) is 0.306. The normalized spacial score (nSPS) is 16.9. The first-order valence-electron chi connectivity index (χ1n) is 6.11. The van der Waals surface area contributed by atoms with E-state index in [0.717, 1.165) is 19.6 Å². The average molecular weight is 261 g/mol. The van der Waals surface area contributed by atoms with Crippen molar-refractivity contribution in [3.8, 4) is 0 Å². The van der Waals surface area contributed by atoms with Crippen molar-refractivity contribution in [2.24, 2.45) is 5.92 Å². The molecule has 1 aliphatic rings. The molecule has 0 amide bonds. The molecule has 4 heteroatoms. The Bertz CT molecular complexity index is 572. The summed E-state index contributed by atoms with van der Waals surface area (Å²) in [5, 5.41) is 12.3. The third-order valence-electron chi connectivity index (χ3n) is 3.45. The highest BCUT2D eigenvalue weighted by Crippen LogP contribution is 2.29. The van der Waals surface area contributed by atoms with Crippen LogP contribution in [0, 0.1) is 5.92 Å². The van der Waals surface area contributed by atoms with Crippen LogP contribution < -0.4 is 0 Å². The van der Waals surface area contributed by atoms with Gasteiger partial charge in [0.15, 0.2) is 0 Å². The molecule has 1 saturated heterocycles. The zero-order chi connectivity index (χ0) is 12.5. The van der Waals surface area contributed by atoms with Crippen molar-refractivity contribution in [2.75, 3.05) is 13.1 Å². The second-order valence-corrected chi connectivity index (χ2v) is 5.83. The predicted octanol–water partition coefficient (Wildman–Crippen LogP) is 2.81. The van der Waals surface area contributed by atoms with Crippen LogP contribution in [0.2, 0.25) is 0 Å². The zero-order valence-corrected chi connectivity index (χ0v) is 10.8. The molecule has 3 rings (SSSR count). The first-order chi connectivity index (χ1) is 8.72. The fraction of sp³-hybridized carbons (Fsp3) is 0.357. The minimum Gasteiger partial charge on any atom is -0.481 e. The number of likely N-dealkylation sites (tertiary alicyclic amines) is 1. The van der Waals surface area contributed by atoms with E-state index in [1.165, 1.54) is 15.6 Å². The molecule has 0 spiro atoms. The Balaban J connectivity index is 1.63. The average Bonchev–Trinajstić information content (AvgIpc) is 2.69. The van der Waals surface area contributed by atoms with Gasteiger partial charge in [-0.15, -0.1) is 11.3 Å². The predicted molar refractivity (Wildman–Crippen MR) is 72.8 cm³/mol. The quantitative estimate of drug-likeness (QED) is 0.920. The van der Waals surface area contributed by atoms with Crippen LogP contribution in [0.15, 0.2) is 29.6 Å². The number of carboxylic acid groups (broad SMARTS) is 1. The van der Waals surface area contributed by atoms with Gasteiger partial charge >= 0.3 is 5.97 Å². The Morgan fingerprint density at radius 2 is 2.17 bits per heavy atom. The van der Waals surface area contributed by atoms with Crippen LogP contribution in [0.1, 0.15) is 12.0 Å². The summed E-state index contributed by atoms with van der Waals surface area (Å²) in [7, 11) is 0. The van der Waals surface area contributed by atoms with Crippen molar-refractivity contribution in [1.82, 2.24) is 4.90 Å². The van der Waals surface area contributed by atoms with Crippen molar-refractivity contribution in [2.45, 2.75) is 13.0 Å². The van der Waals surface area contributed by atoms with Gasteiger partial charge in [0.1, 0.15) is 0 Å². The van der Waals surface area contributed by atoms with Gasteiger partial charge in [0, 0.05) is 24.3 Å². The van der Waals surface area contributed by atoms with Crippen LogP contribution >= 0.6 is 11.3 Å². The van der Waals surface area contributed by atoms with Crippen molar-refractivity contribution >= 4 is 27.4 Å². The van der Waals surface area contributed by atoms with Crippen LogP contribution in [-0.2, 0) is 11.3 Å². The lowest BCUT2D eigenvalue weighted by molar-refractivity contribution is -0.139. The van der Waals surface area contributed by atoms with E-state index < -0.39 is 5.97 Å². The monoisotopic (exact) mass is 261 g/mol. The van der Waals surface area contributed by atoms with Gasteiger partial charge in [0.25, 0.3) is 0 Å². The van der Waals surface area contributed by atoms with E-state index in [0.29, 0.717) is 12.3 Å². The third kappa shape index (κ3) is 2.26. The molecule has 18 heavy (non-hydrogen) atoms. The maximum absolute atomic E-state index is 10.6. The van der Waals surface area contributed by atoms with Crippen molar-refractivity contribution < 1.29 is 9.90 Å². The summed E-state index contributed by atoms with van der Waals surface area (Å²) in [6.45, 7) is 2.77. The van der Waals surface area contributed by atoms with Gasteiger partial charge in [-0.25, -0.2) is 0 Å². The lowest BCUT2D eigenvalue weighted by Crippen LogP contribution is -2.46. The Labute approximate surface area is 110 Å². The number of hydrogen-bond acceptors (Lipinski definition) is 3. The van der Waals surface area contributed by atoms with Crippen LogP contribution in [0.25, 0.3) is 10.1 Å². The van der Waals surface area contributed by atoms with E-state index in [1.54, 1.807) is 11.3 Å². The van der Waals surface area contributed by atoms with Gasteiger partial charge < -0.3 is 5.11 Å². The maximum Gasteiger partial charge on any atom is 0.303 e. The molecule has 1 aromatic carbocycles. The van der Waals surface area contributed by atoms with E-state index >= 15 is 0 Å². The topological polar surface area (TPSA) is 40.5 Å². The minimum absolute atomic E-state index is 0.306. The minimum atomic E-state index is -0.680. The fourth-order valence-corrected chi connectivity index (χ4v) is 3.53. The van der Waals surface area contributed by atoms with Crippen LogP contribution in [0.4, 0.5) is 0 Å². The molecule has 0 radical (unpaired) electrons. The number of thiophene rings is 1. The highest BCUT2D eigenvalue weighted by molar-refractivity contribution is 7.17.